The lowest BCUT2D eigenvalue weighted by molar-refractivity contribution is -0.140. The maximum absolute atomic E-state index is 12.2. The van der Waals surface area contributed by atoms with Gasteiger partial charge in [-0.1, -0.05) is 23.2 Å². The SMILES string of the molecule is CNC(CC(=O)OC)C(=O)c1ccc(Cl)cc1Cl. The summed E-state index contributed by atoms with van der Waals surface area (Å²) in [5.41, 5.74) is 0.323. The van der Waals surface area contributed by atoms with Gasteiger partial charge in [0.25, 0.3) is 0 Å². The maximum Gasteiger partial charge on any atom is 0.307 e. The summed E-state index contributed by atoms with van der Waals surface area (Å²) in [6, 6.07) is 3.93. The largest absolute Gasteiger partial charge is 0.469 e. The average molecular weight is 290 g/mol. The Balaban J connectivity index is 2.93. The third-order valence-corrected chi connectivity index (χ3v) is 3.01. The Bertz CT molecular complexity index is 463. The number of ketones is 1. The van der Waals surface area contributed by atoms with Crippen LogP contribution in [0.3, 0.4) is 0 Å². The number of esters is 1. The van der Waals surface area contributed by atoms with Gasteiger partial charge >= 0.3 is 5.97 Å². The molecule has 18 heavy (non-hydrogen) atoms. The van der Waals surface area contributed by atoms with Gasteiger partial charge in [-0.15, -0.1) is 0 Å². The van der Waals surface area contributed by atoms with E-state index in [0.29, 0.717) is 10.6 Å². The molecule has 0 heterocycles. The molecule has 0 spiro atoms. The van der Waals surface area contributed by atoms with Gasteiger partial charge in [0.15, 0.2) is 5.78 Å². The van der Waals surface area contributed by atoms with E-state index in [4.69, 9.17) is 23.2 Å². The highest BCUT2D eigenvalue weighted by molar-refractivity contribution is 6.37. The van der Waals surface area contributed by atoms with E-state index in [9.17, 15) is 9.59 Å². The summed E-state index contributed by atoms with van der Waals surface area (Å²) in [6.07, 6.45) is -0.0508. The van der Waals surface area contributed by atoms with Crippen molar-refractivity contribution < 1.29 is 14.3 Å². The third kappa shape index (κ3) is 3.70. The summed E-state index contributed by atoms with van der Waals surface area (Å²) in [5.74, 6) is -0.739. The summed E-state index contributed by atoms with van der Waals surface area (Å²) < 4.78 is 4.53. The molecular formula is C12H13Cl2NO3. The zero-order valence-electron chi connectivity index (χ0n) is 10.00. The molecule has 0 amide bonds. The van der Waals surface area contributed by atoms with Crippen molar-refractivity contribution in [1.29, 1.82) is 0 Å². The minimum absolute atomic E-state index is 0.0508. The van der Waals surface area contributed by atoms with Crippen LogP contribution in [0.4, 0.5) is 0 Å². The first-order valence-corrected chi connectivity index (χ1v) is 5.98. The topological polar surface area (TPSA) is 55.4 Å². The number of carbonyl (C=O) groups is 2. The van der Waals surface area contributed by atoms with Crippen molar-refractivity contribution >= 4 is 35.0 Å². The summed E-state index contributed by atoms with van der Waals surface area (Å²) >= 11 is 11.7. The molecular weight excluding hydrogens is 277 g/mol. The van der Waals surface area contributed by atoms with Crippen LogP contribution in [0, 0.1) is 0 Å². The molecule has 0 saturated heterocycles. The number of hydrogen-bond acceptors (Lipinski definition) is 4. The van der Waals surface area contributed by atoms with Gasteiger partial charge in [0, 0.05) is 10.6 Å². The highest BCUT2D eigenvalue weighted by atomic mass is 35.5. The first kappa shape index (κ1) is 15.0. The van der Waals surface area contributed by atoms with Crippen LogP contribution in [0.15, 0.2) is 18.2 Å². The molecule has 0 aliphatic carbocycles. The number of likely N-dealkylation sites (N-methyl/N-ethyl adjacent to an activating group) is 1. The number of nitrogens with one attached hydrogen (secondary N) is 1. The number of Topliss-reactive ketones (excluding diaryl/α,β-unsaturated/α-hetero) is 1. The molecule has 0 bridgehead atoms. The number of hydrogen-bond donors (Lipinski definition) is 1. The van der Waals surface area contributed by atoms with Crippen LogP contribution in [0.5, 0.6) is 0 Å². The summed E-state index contributed by atoms with van der Waals surface area (Å²) in [6.45, 7) is 0. The lowest BCUT2D eigenvalue weighted by Gasteiger charge is -2.14. The number of benzene rings is 1. The normalized spacial score (nSPS) is 12.0. The van der Waals surface area contributed by atoms with E-state index in [1.54, 1.807) is 13.1 Å². The third-order valence-electron chi connectivity index (χ3n) is 2.46. The van der Waals surface area contributed by atoms with Crippen LogP contribution in [0.2, 0.25) is 10.0 Å². The van der Waals surface area contributed by atoms with Crippen LogP contribution in [-0.4, -0.2) is 32.0 Å². The molecule has 0 aromatic heterocycles. The van der Waals surface area contributed by atoms with Gasteiger partial charge in [0.2, 0.25) is 0 Å². The maximum atomic E-state index is 12.2. The lowest BCUT2D eigenvalue weighted by atomic mass is 10.0. The van der Waals surface area contributed by atoms with Crippen LogP contribution < -0.4 is 5.32 Å². The van der Waals surface area contributed by atoms with Crippen LogP contribution >= 0.6 is 23.2 Å². The molecule has 98 valence electrons. The Labute approximate surface area is 115 Å². The standard InChI is InChI=1S/C12H13Cl2NO3/c1-15-10(6-11(16)18-2)12(17)8-4-3-7(13)5-9(8)14/h3-5,10,15H,6H2,1-2H3. The van der Waals surface area contributed by atoms with Crippen molar-refractivity contribution in [1.82, 2.24) is 5.32 Å². The lowest BCUT2D eigenvalue weighted by Crippen LogP contribution is -2.36. The molecule has 0 aliphatic heterocycles. The minimum atomic E-state index is -0.670. The molecule has 6 heteroatoms. The Morgan fingerprint density at radius 2 is 2.06 bits per heavy atom. The van der Waals surface area contributed by atoms with Gasteiger partial charge in [-0.05, 0) is 25.2 Å². The van der Waals surface area contributed by atoms with Crippen molar-refractivity contribution in [2.24, 2.45) is 0 Å². The van der Waals surface area contributed by atoms with Gasteiger partial charge in [-0.25, -0.2) is 0 Å². The smallest absolute Gasteiger partial charge is 0.307 e. The zero-order valence-corrected chi connectivity index (χ0v) is 11.5. The highest BCUT2D eigenvalue weighted by Crippen LogP contribution is 2.22. The Kier molecular flexibility index (Phi) is 5.59. The first-order valence-electron chi connectivity index (χ1n) is 5.23. The van der Waals surface area contributed by atoms with E-state index in [-0.39, 0.29) is 17.2 Å². The zero-order chi connectivity index (χ0) is 13.7. The van der Waals surface area contributed by atoms with Crippen LogP contribution in [0.25, 0.3) is 0 Å². The van der Waals surface area contributed by atoms with E-state index in [2.05, 4.69) is 10.1 Å². The molecule has 0 saturated carbocycles. The number of rotatable bonds is 5. The van der Waals surface area contributed by atoms with E-state index < -0.39 is 12.0 Å². The molecule has 0 radical (unpaired) electrons. The van der Waals surface area contributed by atoms with Crippen molar-refractivity contribution in [3.8, 4) is 0 Å². The van der Waals surface area contributed by atoms with E-state index >= 15 is 0 Å². The highest BCUT2D eigenvalue weighted by Gasteiger charge is 2.23. The van der Waals surface area contributed by atoms with Crippen molar-refractivity contribution in [2.45, 2.75) is 12.5 Å². The Morgan fingerprint density at radius 3 is 2.56 bits per heavy atom. The van der Waals surface area contributed by atoms with Gasteiger partial charge in [0.05, 0.1) is 24.6 Å². The number of methoxy groups -OCH3 is 1. The number of halogens is 2. The molecule has 1 rings (SSSR count). The Hall–Kier alpha value is -1.10. The number of ether oxygens (including phenoxy) is 1. The van der Waals surface area contributed by atoms with E-state index in [1.165, 1.54) is 19.2 Å². The molecule has 0 fully saturated rings. The second-order valence-electron chi connectivity index (χ2n) is 3.61. The molecule has 1 N–H and O–H groups in total. The minimum Gasteiger partial charge on any atom is -0.469 e. The number of carbonyl (C=O) groups excluding carboxylic acids is 2. The van der Waals surface area contributed by atoms with Gasteiger partial charge in [0.1, 0.15) is 0 Å². The molecule has 1 unspecified atom stereocenters. The fourth-order valence-corrected chi connectivity index (χ4v) is 1.95. The predicted octanol–water partition coefficient (Wildman–Crippen LogP) is 2.33. The van der Waals surface area contributed by atoms with Crippen molar-refractivity contribution in [2.75, 3.05) is 14.2 Å². The average Bonchev–Trinajstić information content (AvgIpc) is 2.34. The molecule has 1 aromatic carbocycles. The monoisotopic (exact) mass is 289 g/mol. The second kappa shape index (κ2) is 6.73. The van der Waals surface area contributed by atoms with Crippen LogP contribution in [-0.2, 0) is 9.53 Å². The molecule has 1 atom stereocenters. The second-order valence-corrected chi connectivity index (χ2v) is 4.45. The van der Waals surface area contributed by atoms with Crippen LogP contribution in [0.1, 0.15) is 16.8 Å². The van der Waals surface area contributed by atoms with Gasteiger partial charge in [-0.3, -0.25) is 9.59 Å². The van der Waals surface area contributed by atoms with Gasteiger partial charge < -0.3 is 10.1 Å². The Morgan fingerprint density at radius 1 is 1.39 bits per heavy atom. The van der Waals surface area contributed by atoms with Gasteiger partial charge in [-0.2, -0.15) is 0 Å². The molecule has 0 aliphatic rings. The summed E-state index contributed by atoms with van der Waals surface area (Å²) in [5, 5.41) is 3.48. The fourth-order valence-electron chi connectivity index (χ4n) is 1.45. The fraction of sp³-hybridized carbons (Fsp3) is 0.333. The molecule has 4 nitrogen and oxygen atoms in total. The van der Waals surface area contributed by atoms with E-state index in [1.807, 2.05) is 0 Å². The summed E-state index contributed by atoms with van der Waals surface area (Å²) in [7, 11) is 2.87. The summed E-state index contributed by atoms with van der Waals surface area (Å²) in [4.78, 5) is 23.3. The quantitative estimate of drug-likeness (QED) is 0.668. The molecule has 1 aromatic rings. The van der Waals surface area contributed by atoms with Crippen molar-refractivity contribution in [3.05, 3.63) is 33.8 Å². The van der Waals surface area contributed by atoms with E-state index in [0.717, 1.165) is 0 Å². The predicted molar refractivity (Wildman–Crippen MR) is 70.3 cm³/mol. The van der Waals surface area contributed by atoms with Crippen molar-refractivity contribution in [3.63, 3.8) is 0 Å². The first-order chi connectivity index (χ1) is 8.49.